The summed E-state index contributed by atoms with van der Waals surface area (Å²) in [5.74, 6) is -0.571. The van der Waals surface area contributed by atoms with Crippen molar-refractivity contribution in [3.63, 3.8) is 0 Å². The summed E-state index contributed by atoms with van der Waals surface area (Å²) in [6.45, 7) is 1.81. The van der Waals surface area contributed by atoms with Gasteiger partial charge in [0.15, 0.2) is 11.6 Å². The molecule has 0 radical (unpaired) electrons. The van der Waals surface area contributed by atoms with Gasteiger partial charge in [-0.3, -0.25) is 14.3 Å². The van der Waals surface area contributed by atoms with Crippen LogP contribution in [0, 0.1) is 24.1 Å². The van der Waals surface area contributed by atoms with E-state index in [9.17, 15) is 14.0 Å². The quantitative estimate of drug-likeness (QED) is 0.454. The van der Waals surface area contributed by atoms with Gasteiger partial charge in [-0.15, -0.1) is 0 Å². The van der Waals surface area contributed by atoms with Crippen molar-refractivity contribution in [1.29, 1.82) is 5.26 Å². The molecular formula is C22H16ClFN4O4. The molecule has 0 amide bonds. The number of fused-ring (bicyclic) bond motifs is 1. The normalized spacial score (nSPS) is 11.0. The Morgan fingerprint density at radius 1 is 1.25 bits per heavy atom. The Bertz CT molecular complexity index is 1510. The van der Waals surface area contributed by atoms with E-state index in [0.29, 0.717) is 0 Å². The van der Waals surface area contributed by atoms with Crippen molar-refractivity contribution in [3.8, 4) is 28.8 Å². The smallest absolute Gasteiger partial charge is 0.336 e. The van der Waals surface area contributed by atoms with E-state index in [0.717, 1.165) is 16.2 Å². The number of nitriles is 1. The number of aryl methyl sites for hydroxylation is 2. The van der Waals surface area contributed by atoms with Crippen LogP contribution in [-0.2, 0) is 6.54 Å². The number of furan rings is 1. The van der Waals surface area contributed by atoms with Gasteiger partial charge in [0.2, 0.25) is 5.58 Å². The predicted octanol–water partition coefficient (Wildman–Crippen LogP) is 3.83. The maximum absolute atomic E-state index is 14.0. The summed E-state index contributed by atoms with van der Waals surface area (Å²) < 4.78 is 27.0. The summed E-state index contributed by atoms with van der Waals surface area (Å²) in [4.78, 5) is 30.5. The van der Waals surface area contributed by atoms with Gasteiger partial charge in [-0.25, -0.2) is 13.8 Å². The molecule has 4 aromatic rings. The van der Waals surface area contributed by atoms with Crippen molar-refractivity contribution >= 4 is 22.7 Å². The predicted molar refractivity (Wildman–Crippen MR) is 116 cm³/mol. The first-order chi connectivity index (χ1) is 15.3. The van der Waals surface area contributed by atoms with Crippen molar-refractivity contribution in [2.45, 2.75) is 19.9 Å². The molecule has 0 fully saturated rings. The van der Waals surface area contributed by atoms with Gasteiger partial charge < -0.3 is 9.15 Å². The lowest BCUT2D eigenvalue weighted by atomic mass is 10.1. The molecule has 32 heavy (non-hydrogen) atoms. The summed E-state index contributed by atoms with van der Waals surface area (Å²) in [5, 5.41) is 9.08. The number of hydrogen-bond donors (Lipinski definition) is 0. The van der Waals surface area contributed by atoms with Crippen LogP contribution in [0.2, 0.25) is 5.02 Å². The van der Waals surface area contributed by atoms with E-state index in [4.69, 9.17) is 26.0 Å². The molecule has 3 heterocycles. The second kappa shape index (κ2) is 8.32. The van der Waals surface area contributed by atoms with Crippen molar-refractivity contribution in [1.82, 2.24) is 14.1 Å². The van der Waals surface area contributed by atoms with Crippen LogP contribution in [0.25, 0.3) is 28.1 Å². The second-order valence-corrected chi connectivity index (χ2v) is 7.40. The van der Waals surface area contributed by atoms with Gasteiger partial charge in [-0.05, 0) is 30.7 Å². The van der Waals surface area contributed by atoms with Gasteiger partial charge in [-0.1, -0.05) is 11.6 Å². The molecule has 4 rings (SSSR count). The van der Waals surface area contributed by atoms with E-state index in [1.54, 1.807) is 19.2 Å². The highest BCUT2D eigenvalue weighted by Gasteiger charge is 2.21. The van der Waals surface area contributed by atoms with E-state index in [1.807, 2.05) is 6.07 Å². The Kier molecular flexibility index (Phi) is 5.55. The molecular weight excluding hydrogens is 439 g/mol. The molecule has 0 atom stereocenters. The Labute approximate surface area is 185 Å². The fourth-order valence-electron chi connectivity index (χ4n) is 3.42. The number of halogens is 2. The lowest BCUT2D eigenvalue weighted by Crippen LogP contribution is -2.38. The second-order valence-electron chi connectivity index (χ2n) is 6.99. The van der Waals surface area contributed by atoms with Crippen LogP contribution in [0.5, 0.6) is 5.75 Å². The number of methoxy groups -OCH3 is 1. The first-order valence-electron chi connectivity index (χ1n) is 9.47. The zero-order chi connectivity index (χ0) is 23.0. The van der Waals surface area contributed by atoms with E-state index < -0.39 is 17.1 Å². The zero-order valence-electron chi connectivity index (χ0n) is 17.1. The standard InChI is InChI=1S/C22H16ClFN4O4/c1-12-6-13(11-26-10-12)28-21(29)20-17(27(22(28)30)5-3-4-25)9-18(32-20)14-7-19(31-2)16(24)8-15(14)23/h6-11H,3,5H2,1-2H3. The van der Waals surface area contributed by atoms with Crippen molar-refractivity contribution < 1.29 is 13.5 Å². The summed E-state index contributed by atoms with van der Waals surface area (Å²) in [7, 11) is 1.31. The lowest BCUT2D eigenvalue weighted by molar-refractivity contribution is 0.386. The highest BCUT2D eigenvalue weighted by molar-refractivity contribution is 6.33. The highest BCUT2D eigenvalue weighted by atomic mass is 35.5. The largest absolute Gasteiger partial charge is 0.494 e. The average molecular weight is 455 g/mol. The van der Waals surface area contributed by atoms with Crippen molar-refractivity contribution in [3.05, 3.63) is 73.9 Å². The monoisotopic (exact) mass is 454 g/mol. The summed E-state index contributed by atoms with van der Waals surface area (Å²) in [5.41, 5.74) is 0.0561. The molecule has 162 valence electrons. The van der Waals surface area contributed by atoms with E-state index in [-0.39, 0.29) is 51.8 Å². The molecule has 0 aliphatic heterocycles. The Balaban J connectivity index is 2.05. The minimum atomic E-state index is -0.693. The van der Waals surface area contributed by atoms with E-state index >= 15 is 0 Å². The van der Waals surface area contributed by atoms with Crippen LogP contribution < -0.4 is 16.0 Å². The zero-order valence-corrected chi connectivity index (χ0v) is 17.8. The first-order valence-corrected chi connectivity index (χ1v) is 9.85. The maximum atomic E-state index is 14.0. The molecule has 0 N–H and O–H groups in total. The van der Waals surface area contributed by atoms with Gasteiger partial charge in [0.05, 0.1) is 42.0 Å². The molecule has 0 saturated carbocycles. The lowest BCUT2D eigenvalue weighted by Gasteiger charge is -2.10. The molecule has 0 aliphatic carbocycles. The molecule has 1 aromatic carbocycles. The topological polar surface area (TPSA) is 103 Å². The summed E-state index contributed by atoms with van der Waals surface area (Å²) >= 11 is 6.20. The van der Waals surface area contributed by atoms with Crippen molar-refractivity contribution in [2.24, 2.45) is 0 Å². The fourth-order valence-corrected chi connectivity index (χ4v) is 3.66. The Hall–Kier alpha value is -3.90. The molecule has 0 unspecified atom stereocenters. The van der Waals surface area contributed by atoms with Crippen LogP contribution in [0.3, 0.4) is 0 Å². The van der Waals surface area contributed by atoms with Crippen LogP contribution in [0.15, 0.2) is 50.7 Å². The third-order valence-electron chi connectivity index (χ3n) is 4.90. The molecule has 0 bridgehead atoms. The molecule has 3 aromatic heterocycles. The number of hydrogen-bond acceptors (Lipinski definition) is 6. The Morgan fingerprint density at radius 2 is 2.03 bits per heavy atom. The number of benzene rings is 1. The number of rotatable bonds is 5. The minimum absolute atomic E-state index is 0.0325. The minimum Gasteiger partial charge on any atom is -0.494 e. The van der Waals surface area contributed by atoms with Crippen LogP contribution in [0.4, 0.5) is 4.39 Å². The number of ether oxygens (including phenoxy) is 1. The van der Waals surface area contributed by atoms with E-state index in [1.165, 1.54) is 30.0 Å². The SMILES string of the molecule is COc1cc(-c2cc3c(o2)c(=O)n(-c2cncc(C)c2)c(=O)n3CCC#N)c(Cl)cc1F. The molecule has 0 aliphatic rings. The Morgan fingerprint density at radius 3 is 2.72 bits per heavy atom. The van der Waals surface area contributed by atoms with Gasteiger partial charge in [0.1, 0.15) is 5.76 Å². The molecule has 0 spiro atoms. The van der Waals surface area contributed by atoms with Crippen LogP contribution in [0.1, 0.15) is 12.0 Å². The summed E-state index contributed by atoms with van der Waals surface area (Å²) in [6.07, 6.45) is 3.02. The number of pyridine rings is 1. The molecule has 0 saturated heterocycles. The third-order valence-corrected chi connectivity index (χ3v) is 5.21. The van der Waals surface area contributed by atoms with Crippen LogP contribution >= 0.6 is 11.6 Å². The number of nitrogens with zero attached hydrogens (tertiary/aromatic N) is 4. The van der Waals surface area contributed by atoms with Gasteiger partial charge in [-0.2, -0.15) is 5.26 Å². The van der Waals surface area contributed by atoms with E-state index in [2.05, 4.69) is 4.98 Å². The molecule has 8 nitrogen and oxygen atoms in total. The van der Waals surface area contributed by atoms with Crippen molar-refractivity contribution in [2.75, 3.05) is 7.11 Å². The first kappa shape index (κ1) is 21.3. The third kappa shape index (κ3) is 3.55. The van der Waals surface area contributed by atoms with Gasteiger partial charge in [0, 0.05) is 24.4 Å². The maximum Gasteiger partial charge on any atom is 0.336 e. The van der Waals surface area contributed by atoms with Gasteiger partial charge >= 0.3 is 11.2 Å². The van der Waals surface area contributed by atoms with Gasteiger partial charge in [0.25, 0.3) is 0 Å². The molecule has 10 heteroatoms. The highest BCUT2D eigenvalue weighted by Crippen LogP contribution is 2.35. The average Bonchev–Trinajstić information content (AvgIpc) is 3.19. The summed E-state index contributed by atoms with van der Waals surface area (Å²) in [6, 6.07) is 7.51. The number of aromatic nitrogens is 3. The fraction of sp³-hybridized carbons (Fsp3) is 0.182. The van der Waals surface area contributed by atoms with Crippen LogP contribution in [-0.4, -0.2) is 21.2 Å².